The maximum Gasteiger partial charge on any atom is 0.472 e. The highest BCUT2D eigenvalue weighted by molar-refractivity contribution is 5.78. The van der Waals surface area contributed by atoms with E-state index in [0.29, 0.717) is 0 Å². The van der Waals surface area contributed by atoms with Crippen LogP contribution < -0.4 is 11.5 Å². The summed E-state index contributed by atoms with van der Waals surface area (Å²) in [4.78, 5) is 12.3. The van der Waals surface area contributed by atoms with Gasteiger partial charge in [0.15, 0.2) is 5.96 Å². The van der Waals surface area contributed by atoms with Crippen molar-refractivity contribution in [3.05, 3.63) is 35.2 Å². The van der Waals surface area contributed by atoms with E-state index in [2.05, 4.69) is 4.99 Å². The van der Waals surface area contributed by atoms with Gasteiger partial charge in [0.25, 0.3) is 0 Å². The van der Waals surface area contributed by atoms with Crippen molar-refractivity contribution >= 4 is 11.6 Å². The average Bonchev–Trinajstić information content (AvgIpc) is 2.03. The van der Waals surface area contributed by atoms with Crippen LogP contribution in [0.3, 0.4) is 0 Å². The predicted molar refractivity (Wildman–Crippen MR) is 49.1 cm³/mol. The molecule has 0 saturated carbocycles. The second-order valence-electron chi connectivity index (χ2n) is 2.12. The number of hydrogen-bond donors (Lipinski definition) is 4. The van der Waals surface area contributed by atoms with Crippen molar-refractivity contribution in [3.63, 3.8) is 0 Å². The number of guanidine groups is 1. The van der Waals surface area contributed by atoms with Gasteiger partial charge in [-0.1, -0.05) is 18.2 Å². The van der Waals surface area contributed by atoms with E-state index in [1.54, 1.807) is 0 Å². The van der Waals surface area contributed by atoms with E-state index in [4.69, 9.17) is 26.8 Å². The molecule has 7 heteroatoms. The van der Waals surface area contributed by atoms with Crippen molar-refractivity contribution in [1.29, 1.82) is 0 Å². The van der Waals surface area contributed by atoms with Crippen molar-refractivity contribution in [2.24, 2.45) is 16.5 Å². The Labute approximate surface area is 79.8 Å². The van der Waals surface area contributed by atoms with Gasteiger partial charge >= 0.3 is 5.09 Å². The number of benzene rings is 1. The van der Waals surface area contributed by atoms with Gasteiger partial charge in [0.2, 0.25) is 0 Å². The van der Waals surface area contributed by atoms with Gasteiger partial charge in [-0.25, -0.2) is 15.4 Å². The Balaban J connectivity index is 0.000000364. The molecule has 0 spiro atoms. The lowest BCUT2D eigenvalue weighted by Crippen LogP contribution is -2.21. The highest BCUT2D eigenvalue weighted by atomic mass is 16.9. The molecule has 0 aliphatic carbocycles. The molecule has 0 aliphatic heterocycles. The largest absolute Gasteiger partial charge is 0.472 e. The number of nitrogens with zero attached hydrogens (tertiary/aromatic N) is 2. The molecule has 1 aromatic rings. The Morgan fingerprint density at radius 1 is 1.21 bits per heavy atom. The van der Waals surface area contributed by atoms with Crippen LogP contribution in [0, 0.1) is 4.91 Å². The highest BCUT2D eigenvalue weighted by Gasteiger charge is 1.83. The van der Waals surface area contributed by atoms with Gasteiger partial charge in [0, 0.05) is 0 Å². The first kappa shape index (κ1) is 11.7. The van der Waals surface area contributed by atoms with Crippen molar-refractivity contribution in [1.82, 2.24) is 0 Å². The number of hydrogen-bond acceptors (Lipinski definition) is 2. The summed E-state index contributed by atoms with van der Waals surface area (Å²) in [6.07, 6.45) is 0. The summed E-state index contributed by atoms with van der Waals surface area (Å²) in [5.74, 6) is 0.0891. The molecule has 0 unspecified atom stereocenters. The van der Waals surface area contributed by atoms with Gasteiger partial charge < -0.3 is 11.5 Å². The van der Waals surface area contributed by atoms with Gasteiger partial charge in [0.1, 0.15) is 4.91 Å². The molecular formula is C7H11N4O3+. The smallest absolute Gasteiger partial charge is 0.370 e. The lowest BCUT2D eigenvalue weighted by atomic mass is 10.3. The first-order valence-electron chi connectivity index (χ1n) is 3.52. The second-order valence-corrected chi connectivity index (χ2v) is 2.12. The summed E-state index contributed by atoms with van der Waals surface area (Å²) in [7, 11) is 0. The Kier molecular flexibility index (Phi) is 5.20. The fourth-order valence-corrected chi connectivity index (χ4v) is 0.652. The Morgan fingerprint density at radius 3 is 2.00 bits per heavy atom. The molecule has 0 radical (unpaired) electrons. The van der Waals surface area contributed by atoms with Crippen LogP contribution in [-0.2, 0) is 0 Å². The van der Waals surface area contributed by atoms with Gasteiger partial charge in [0.05, 0.1) is 5.69 Å². The van der Waals surface area contributed by atoms with Crippen LogP contribution in [0.25, 0.3) is 0 Å². The summed E-state index contributed by atoms with van der Waals surface area (Å²) >= 11 is 0. The van der Waals surface area contributed by atoms with Crippen molar-refractivity contribution < 1.29 is 15.5 Å². The third kappa shape index (κ3) is 7.79. The van der Waals surface area contributed by atoms with Crippen LogP contribution in [0.2, 0.25) is 0 Å². The van der Waals surface area contributed by atoms with Gasteiger partial charge in [-0.15, -0.1) is 0 Å². The maximum atomic E-state index is 8.47. The molecule has 0 amide bonds. The summed E-state index contributed by atoms with van der Waals surface area (Å²) < 4.78 is 0. The van der Waals surface area contributed by atoms with E-state index in [1.807, 2.05) is 30.3 Å². The zero-order valence-corrected chi connectivity index (χ0v) is 7.24. The first-order valence-corrected chi connectivity index (χ1v) is 3.52. The van der Waals surface area contributed by atoms with Crippen LogP contribution >= 0.6 is 0 Å². The Morgan fingerprint density at radius 2 is 1.64 bits per heavy atom. The third-order valence-electron chi connectivity index (χ3n) is 1.01. The summed E-state index contributed by atoms with van der Waals surface area (Å²) in [5.41, 5.74) is 11.1. The molecular weight excluding hydrogens is 188 g/mol. The van der Waals surface area contributed by atoms with E-state index < -0.39 is 5.09 Å². The summed E-state index contributed by atoms with van der Waals surface area (Å²) in [6, 6.07) is 9.33. The van der Waals surface area contributed by atoms with Crippen LogP contribution in [0.4, 0.5) is 5.69 Å². The highest BCUT2D eigenvalue weighted by Crippen LogP contribution is 2.07. The lowest BCUT2D eigenvalue weighted by molar-refractivity contribution is -0.969. The van der Waals surface area contributed by atoms with Gasteiger partial charge in [-0.2, -0.15) is 0 Å². The van der Waals surface area contributed by atoms with Crippen LogP contribution in [0.15, 0.2) is 35.3 Å². The second kappa shape index (κ2) is 6.23. The topological polar surface area (TPSA) is 125 Å². The average molecular weight is 199 g/mol. The Bertz CT molecular complexity index is 304. The molecule has 0 atom stereocenters. The molecule has 0 fully saturated rings. The predicted octanol–water partition coefficient (Wildman–Crippen LogP) is 0.135. The minimum atomic E-state index is -1.25. The summed E-state index contributed by atoms with van der Waals surface area (Å²) in [6.45, 7) is 0. The number of aliphatic imine (C=N–C) groups is 1. The van der Waals surface area contributed by atoms with Gasteiger partial charge in [-0.05, 0) is 12.1 Å². The number of para-hydroxylation sites is 1. The molecule has 0 saturated heterocycles. The fourth-order valence-electron chi connectivity index (χ4n) is 0.652. The molecule has 76 valence electrons. The molecule has 0 heterocycles. The molecule has 1 aromatic carbocycles. The summed E-state index contributed by atoms with van der Waals surface area (Å²) in [5, 5.41) is 12.5. The van der Waals surface area contributed by atoms with Crippen molar-refractivity contribution in [3.8, 4) is 0 Å². The van der Waals surface area contributed by atoms with Crippen molar-refractivity contribution in [2.45, 2.75) is 0 Å². The van der Waals surface area contributed by atoms with E-state index in [-0.39, 0.29) is 5.96 Å². The van der Waals surface area contributed by atoms with Gasteiger partial charge in [-0.3, -0.25) is 0 Å². The molecule has 0 bridgehead atoms. The number of rotatable bonds is 1. The normalized spacial score (nSPS) is 8.00. The van der Waals surface area contributed by atoms with E-state index in [1.165, 1.54) is 0 Å². The molecule has 0 aliphatic rings. The van der Waals surface area contributed by atoms with E-state index >= 15 is 0 Å². The SMILES string of the molecule is NC(N)=Nc1ccccc1.O=[N+](O)O. The van der Waals surface area contributed by atoms with E-state index in [0.717, 1.165) is 5.69 Å². The quantitative estimate of drug-likeness (QED) is 0.290. The standard InChI is InChI=1S/C7H9N3.H2NO3/c8-7(9)10-6-4-2-1-3-5-6;2-1(3)4/h1-5H,(H4,8,9,10);(H2,2,3,4)/q;+1. The molecule has 1 rings (SSSR count). The zero-order chi connectivity index (χ0) is 11.0. The van der Waals surface area contributed by atoms with Crippen molar-refractivity contribution in [2.75, 3.05) is 0 Å². The molecule has 6 N–H and O–H groups in total. The minimum absolute atomic E-state index is 0.0891. The lowest BCUT2D eigenvalue weighted by Gasteiger charge is -1.91. The molecule has 14 heavy (non-hydrogen) atoms. The number of nitrogens with two attached hydrogens (primary N) is 2. The Hall–Kier alpha value is -2.31. The minimum Gasteiger partial charge on any atom is -0.370 e. The zero-order valence-electron chi connectivity index (χ0n) is 7.24. The third-order valence-corrected chi connectivity index (χ3v) is 1.01. The molecule has 0 aromatic heterocycles. The first-order chi connectivity index (χ1) is 6.52. The maximum absolute atomic E-state index is 8.47. The van der Waals surface area contributed by atoms with E-state index in [9.17, 15) is 0 Å². The van der Waals surface area contributed by atoms with Crippen LogP contribution in [0.1, 0.15) is 0 Å². The van der Waals surface area contributed by atoms with Crippen LogP contribution in [-0.4, -0.2) is 21.5 Å². The monoisotopic (exact) mass is 199 g/mol. The molecule has 7 nitrogen and oxygen atoms in total. The fraction of sp³-hybridized carbons (Fsp3) is 0. The van der Waals surface area contributed by atoms with Crippen LogP contribution in [0.5, 0.6) is 0 Å².